The summed E-state index contributed by atoms with van der Waals surface area (Å²) in [6, 6.07) is 0. The van der Waals surface area contributed by atoms with Crippen LogP contribution in [0.2, 0.25) is 0 Å². The fraction of sp³-hybridized carbons (Fsp3) is 0. The molecule has 0 saturated carbocycles. The van der Waals surface area contributed by atoms with Gasteiger partial charge in [-0.25, -0.2) is 14.8 Å². The zero-order valence-corrected chi connectivity index (χ0v) is 6.24. The normalized spacial score (nSPS) is 10.5. The molecule has 0 atom stereocenters. The van der Waals surface area contributed by atoms with Crippen molar-refractivity contribution >= 4 is 17.1 Å². The van der Waals surface area contributed by atoms with Crippen LogP contribution >= 0.6 is 0 Å². The molecule has 0 bridgehead atoms. The van der Waals surface area contributed by atoms with Crippen molar-refractivity contribution in [1.82, 2.24) is 19.9 Å². The quantitative estimate of drug-likeness (QED) is 0.539. The first-order valence-electron chi connectivity index (χ1n) is 3.35. The molecule has 0 aliphatic rings. The van der Waals surface area contributed by atoms with Gasteiger partial charge in [0.05, 0.1) is 6.33 Å². The van der Waals surface area contributed by atoms with E-state index in [9.17, 15) is 9.59 Å². The Hall–Kier alpha value is -2.18. The molecule has 13 heavy (non-hydrogen) atoms. The smallest absolute Gasteiger partial charge is 0.371 e. The number of carbonyl (C=O) groups is 1. The van der Waals surface area contributed by atoms with Crippen molar-refractivity contribution in [1.29, 1.82) is 0 Å². The highest BCUT2D eigenvalue weighted by molar-refractivity contribution is 5.87. The summed E-state index contributed by atoms with van der Waals surface area (Å²) in [5.41, 5.74) is -0.272. The predicted molar refractivity (Wildman–Crippen MR) is 41.5 cm³/mol. The van der Waals surface area contributed by atoms with Crippen molar-refractivity contribution in [3.05, 3.63) is 22.5 Å². The molecule has 0 spiro atoms. The van der Waals surface area contributed by atoms with Gasteiger partial charge in [0.1, 0.15) is 0 Å². The Morgan fingerprint density at radius 3 is 2.92 bits per heavy atom. The third-order valence-corrected chi connectivity index (χ3v) is 1.50. The van der Waals surface area contributed by atoms with E-state index in [0.717, 1.165) is 6.33 Å². The van der Waals surface area contributed by atoms with Crippen LogP contribution in [0, 0.1) is 0 Å². The molecule has 66 valence electrons. The number of nitrogens with zero attached hydrogens (tertiary/aromatic N) is 2. The molecule has 0 amide bonds. The summed E-state index contributed by atoms with van der Waals surface area (Å²) in [6.07, 6.45) is 1.16. The fourth-order valence-electron chi connectivity index (χ4n) is 0.941. The minimum Gasteiger partial charge on any atom is -0.475 e. The van der Waals surface area contributed by atoms with Gasteiger partial charge in [-0.2, -0.15) is 0 Å². The number of hydrogen-bond donors (Lipinski definition) is 3. The van der Waals surface area contributed by atoms with Crippen molar-refractivity contribution in [2.24, 2.45) is 0 Å². The molecule has 2 aromatic rings. The number of aromatic amines is 2. The molecule has 0 fully saturated rings. The van der Waals surface area contributed by atoms with E-state index < -0.39 is 11.5 Å². The standard InChI is InChI=1S/C6H4N4O3/c11-5-2-3(7-1-8-5)10-4(9-2)6(12)13/h1H,(H,12,13)(H2,7,8,9,10,11). The second kappa shape index (κ2) is 2.41. The number of aromatic carboxylic acids is 1. The van der Waals surface area contributed by atoms with Gasteiger partial charge in [-0.3, -0.25) is 4.79 Å². The fourth-order valence-corrected chi connectivity index (χ4v) is 0.941. The molecule has 3 N–H and O–H groups in total. The van der Waals surface area contributed by atoms with Gasteiger partial charge in [0.25, 0.3) is 5.56 Å². The first-order valence-corrected chi connectivity index (χ1v) is 3.35. The molecule has 2 aromatic heterocycles. The molecule has 2 rings (SSSR count). The molecule has 0 aromatic carbocycles. The van der Waals surface area contributed by atoms with Gasteiger partial charge < -0.3 is 15.1 Å². The number of rotatable bonds is 1. The van der Waals surface area contributed by atoms with Gasteiger partial charge in [0.2, 0.25) is 5.82 Å². The van der Waals surface area contributed by atoms with Gasteiger partial charge in [-0.1, -0.05) is 0 Å². The van der Waals surface area contributed by atoms with E-state index in [1.165, 1.54) is 0 Å². The molecule has 7 heteroatoms. The highest BCUT2D eigenvalue weighted by Gasteiger charge is 2.11. The lowest BCUT2D eigenvalue weighted by atomic mass is 10.5. The molecule has 0 saturated heterocycles. The minimum atomic E-state index is -1.22. The Labute approximate surface area is 70.5 Å². The highest BCUT2D eigenvalue weighted by atomic mass is 16.4. The molecular weight excluding hydrogens is 176 g/mol. The van der Waals surface area contributed by atoms with Crippen LogP contribution in [0.3, 0.4) is 0 Å². The first-order chi connectivity index (χ1) is 6.18. The van der Waals surface area contributed by atoms with Gasteiger partial charge in [0.15, 0.2) is 11.2 Å². The van der Waals surface area contributed by atoms with Crippen LogP contribution < -0.4 is 5.56 Å². The number of nitrogens with one attached hydrogen (secondary N) is 2. The van der Waals surface area contributed by atoms with Crippen LogP contribution in [-0.2, 0) is 0 Å². The van der Waals surface area contributed by atoms with Crippen LogP contribution in [0.4, 0.5) is 0 Å². The van der Waals surface area contributed by atoms with Crippen LogP contribution in [0.25, 0.3) is 11.2 Å². The Bertz CT molecular complexity index is 526. The molecule has 2 heterocycles. The topological polar surface area (TPSA) is 112 Å². The predicted octanol–water partition coefficient (Wildman–Crippen LogP) is -0.656. The van der Waals surface area contributed by atoms with E-state index in [4.69, 9.17) is 5.11 Å². The Morgan fingerprint density at radius 1 is 1.54 bits per heavy atom. The van der Waals surface area contributed by atoms with Crippen LogP contribution in [0.5, 0.6) is 0 Å². The summed E-state index contributed by atoms with van der Waals surface area (Å²) in [5.74, 6) is -1.52. The average molecular weight is 180 g/mol. The lowest BCUT2D eigenvalue weighted by molar-refractivity contribution is 0.0685. The second-order valence-electron chi connectivity index (χ2n) is 2.32. The monoisotopic (exact) mass is 180 g/mol. The van der Waals surface area contributed by atoms with Crippen molar-refractivity contribution in [2.75, 3.05) is 0 Å². The first kappa shape index (κ1) is 7.47. The second-order valence-corrected chi connectivity index (χ2v) is 2.32. The molecule has 0 aliphatic carbocycles. The third kappa shape index (κ3) is 1.06. The maximum absolute atomic E-state index is 11.1. The summed E-state index contributed by atoms with van der Waals surface area (Å²) in [4.78, 5) is 33.4. The van der Waals surface area contributed by atoms with Crippen molar-refractivity contribution in [3.8, 4) is 0 Å². The summed E-state index contributed by atoms with van der Waals surface area (Å²) in [6.45, 7) is 0. The maximum atomic E-state index is 11.1. The number of hydrogen-bond acceptors (Lipinski definition) is 4. The van der Waals surface area contributed by atoms with Gasteiger partial charge >= 0.3 is 5.97 Å². The Kier molecular flexibility index (Phi) is 1.38. The number of carboxylic acids is 1. The van der Waals surface area contributed by atoms with Gasteiger partial charge in [-0.05, 0) is 0 Å². The van der Waals surface area contributed by atoms with Crippen LogP contribution in [-0.4, -0.2) is 31.0 Å². The largest absolute Gasteiger partial charge is 0.475 e. The minimum absolute atomic E-state index is 0.0694. The van der Waals surface area contributed by atoms with E-state index in [-0.39, 0.29) is 17.0 Å². The molecule has 0 radical (unpaired) electrons. The number of fused-ring (bicyclic) bond motifs is 1. The summed E-state index contributed by atoms with van der Waals surface area (Å²) in [7, 11) is 0. The Morgan fingerprint density at radius 2 is 2.31 bits per heavy atom. The summed E-state index contributed by atoms with van der Waals surface area (Å²) >= 11 is 0. The average Bonchev–Trinajstić information content (AvgIpc) is 2.49. The number of H-pyrrole nitrogens is 2. The summed E-state index contributed by atoms with van der Waals surface area (Å²) in [5, 5.41) is 8.54. The molecule has 7 nitrogen and oxygen atoms in total. The van der Waals surface area contributed by atoms with Crippen molar-refractivity contribution in [3.63, 3.8) is 0 Å². The van der Waals surface area contributed by atoms with Crippen LogP contribution in [0.15, 0.2) is 11.1 Å². The number of imidazole rings is 1. The number of aromatic nitrogens is 4. The van der Waals surface area contributed by atoms with Crippen molar-refractivity contribution < 1.29 is 9.90 Å². The molecular formula is C6H4N4O3. The van der Waals surface area contributed by atoms with E-state index in [1.807, 2.05) is 0 Å². The summed E-state index contributed by atoms with van der Waals surface area (Å²) < 4.78 is 0. The SMILES string of the molecule is O=C(O)c1nc2nc[nH]c(=O)c2[nH]1. The lowest BCUT2D eigenvalue weighted by Crippen LogP contribution is -2.06. The zero-order chi connectivity index (χ0) is 9.42. The van der Waals surface area contributed by atoms with Crippen molar-refractivity contribution in [2.45, 2.75) is 0 Å². The number of carboxylic acid groups (broad SMARTS) is 1. The zero-order valence-electron chi connectivity index (χ0n) is 6.24. The molecule has 0 aliphatic heterocycles. The molecule has 0 unspecified atom stereocenters. The van der Waals surface area contributed by atoms with E-state index >= 15 is 0 Å². The van der Waals surface area contributed by atoms with Gasteiger partial charge in [0, 0.05) is 0 Å². The maximum Gasteiger partial charge on any atom is 0.371 e. The van der Waals surface area contributed by atoms with E-state index in [1.54, 1.807) is 0 Å². The lowest BCUT2D eigenvalue weighted by Gasteiger charge is -1.81. The third-order valence-electron chi connectivity index (χ3n) is 1.50. The highest BCUT2D eigenvalue weighted by Crippen LogP contribution is 2.01. The Balaban J connectivity index is 2.83. The van der Waals surface area contributed by atoms with E-state index in [0.29, 0.717) is 0 Å². The van der Waals surface area contributed by atoms with Crippen LogP contribution in [0.1, 0.15) is 10.6 Å². The van der Waals surface area contributed by atoms with Gasteiger partial charge in [-0.15, -0.1) is 0 Å². The van der Waals surface area contributed by atoms with E-state index in [2.05, 4.69) is 19.9 Å².